The molecule has 0 fully saturated rings. The second-order valence-electron chi connectivity index (χ2n) is 5.17. The van der Waals surface area contributed by atoms with Gasteiger partial charge in [-0.25, -0.2) is 0 Å². The molecule has 21 heavy (non-hydrogen) atoms. The van der Waals surface area contributed by atoms with Crippen LogP contribution in [0, 0.1) is 0 Å². The molecule has 0 heterocycles. The molecule has 0 aliphatic rings. The Balaban J connectivity index is 2.31. The molecule has 2 aromatic carbocycles. The van der Waals surface area contributed by atoms with Gasteiger partial charge in [0, 0.05) is 0 Å². The highest BCUT2D eigenvalue weighted by atomic mass is 32.2. The molecule has 3 nitrogen and oxygen atoms in total. The maximum atomic E-state index is 11.8. The van der Waals surface area contributed by atoms with Crippen molar-refractivity contribution in [3.63, 3.8) is 0 Å². The summed E-state index contributed by atoms with van der Waals surface area (Å²) in [6.07, 6.45) is 1.20. The van der Waals surface area contributed by atoms with Crippen LogP contribution in [-0.2, 0) is 10.1 Å². The third kappa shape index (κ3) is 4.16. The SMILES string of the molecule is CCC(CC(c1ccccc1)S(=O)(=O)O)c1ccccc1. The first-order chi connectivity index (χ1) is 10.0. The summed E-state index contributed by atoms with van der Waals surface area (Å²) < 4.78 is 33.1. The average Bonchev–Trinajstić information content (AvgIpc) is 2.49. The van der Waals surface area contributed by atoms with Gasteiger partial charge in [0.1, 0.15) is 5.25 Å². The van der Waals surface area contributed by atoms with Gasteiger partial charge in [0.25, 0.3) is 10.1 Å². The van der Waals surface area contributed by atoms with Gasteiger partial charge in [-0.1, -0.05) is 67.6 Å². The lowest BCUT2D eigenvalue weighted by molar-refractivity contribution is 0.453. The fourth-order valence-corrected chi connectivity index (χ4v) is 3.60. The molecule has 4 heteroatoms. The van der Waals surface area contributed by atoms with Gasteiger partial charge in [-0.2, -0.15) is 8.42 Å². The van der Waals surface area contributed by atoms with Crippen LogP contribution in [0.1, 0.15) is 42.1 Å². The zero-order valence-electron chi connectivity index (χ0n) is 12.0. The molecule has 0 bridgehead atoms. The molecular weight excluding hydrogens is 284 g/mol. The molecule has 0 saturated carbocycles. The summed E-state index contributed by atoms with van der Waals surface area (Å²) in [4.78, 5) is 0. The van der Waals surface area contributed by atoms with E-state index >= 15 is 0 Å². The maximum Gasteiger partial charge on any atom is 0.272 e. The van der Waals surface area contributed by atoms with Crippen molar-refractivity contribution in [1.82, 2.24) is 0 Å². The third-order valence-corrected chi connectivity index (χ3v) is 4.98. The molecule has 0 aromatic heterocycles. The Bertz CT molecular complexity index is 651. The summed E-state index contributed by atoms with van der Waals surface area (Å²) >= 11 is 0. The molecule has 2 aromatic rings. The predicted molar refractivity (Wildman–Crippen MR) is 84.8 cm³/mol. The van der Waals surface area contributed by atoms with Crippen LogP contribution in [0.15, 0.2) is 60.7 Å². The molecule has 2 rings (SSSR count). The summed E-state index contributed by atoms with van der Waals surface area (Å²) in [5.74, 6) is 0.0957. The normalized spacial score (nSPS) is 14.6. The fraction of sp³-hybridized carbons (Fsp3) is 0.294. The number of benzene rings is 2. The smallest absolute Gasteiger partial charge is 0.272 e. The van der Waals surface area contributed by atoms with Crippen LogP contribution in [0.25, 0.3) is 0 Å². The molecule has 0 aliphatic heterocycles. The molecule has 0 spiro atoms. The Morgan fingerprint density at radius 3 is 1.81 bits per heavy atom. The van der Waals surface area contributed by atoms with Gasteiger partial charge in [-0.3, -0.25) is 4.55 Å². The predicted octanol–water partition coefficient (Wildman–Crippen LogP) is 4.20. The second-order valence-corrected chi connectivity index (χ2v) is 6.76. The van der Waals surface area contributed by atoms with Crippen molar-refractivity contribution in [3.05, 3.63) is 71.8 Å². The van der Waals surface area contributed by atoms with Gasteiger partial charge in [0.05, 0.1) is 0 Å². The lowest BCUT2D eigenvalue weighted by Crippen LogP contribution is -2.15. The Kier molecular flexibility index (Phi) is 5.15. The van der Waals surface area contributed by atoms with Crippen molar-refractivity contribution in [2.75, 3.05) is 0 Å². The lowest BCUT2D eigenvalue weighted by atomic mass is 9.90. The van der Waals surface area contributed by atoms with Crippen molar-refractivity contribution in [2.45, 2.75) is 30.9 Å². The number of hydrogen-bond acceptors (Lipinski definition) is 2. The van der Waals surface area contributed by atoms with Gasteiger partial charge < -0.3 is 0 Å². The van der Waals surface area contributed by atoms with Crippen molar-refractivity contribution in [1.29, 1.82) is 0 Å². The largest absolute Gasteiger partial charge is 0.285 e. The number of hydrogen-bond donors (Lipinski definition) is 1. The Morgan fingerprint density at radius 2 is 1.38 bits per heavy atom. The summed E-state index contributed by atoms with van der Waals surface area (Å²) in [5.41, 5.74) is 1.74. The highest BCUT2D eigenvalue weighted by Crippen LogP contribution is 2.35. The Morgan fingerprint density at radius 1 is 0.905 bits per heavy atom. The average molecular weight is 304 g/mol. The molecule has 1 N–H and O–H groups in total. The van der Waals surface area contributed by atoms with E-state index in [1.807, 2.05) is 43.3 Å². The standard InChI is InChI=1S/C17H20O3S/c1-2-14(15-9-5-3-6-10-15)13-17(21(18,19)20)16-11-7-4-8-12-16/h3-12,14,17H,2,13H2,1H3,(H,18,19,20). The van der Waals surface area contributed by atoms with E-state index < -0.39 is 15.4 Å². The molecule has 2 unspecified atom stereocenters. The zero-order chi connectivity index (χ0) is 15.3. The van der Waals surface area contributed by atoms with E-state index in [-0.39, 0.29) is 5.92 Å². The minimum absolute atomic E-state index is 0.0957. The zero-order valence-corrected chi connectivity index (χ0v) is 12.8. The third-order valence-electron chi connectivity index (χ3n) is 3.79. The van der Waals surface area contributed by atoms with Crippen molar-refractivity contribution < 1.29 is 13.0 Å². The minimum Gasteiger partial charge on any atom is -0.285 e. The van der Waals surface area contributed by atoms with Crippen LogP contribution in [0.4, 0.5) is 0 Å². The summed E-state index contributed by atoms with van der Waals surface area (Å²) in [6.45, 7) is 2.03. The van der Waals surface area contributed by atoms with Gasteiger partial charge >= 0.3 is 0 Å². The Hall–Kier alpha value is -1.65. The minimum atomic E-state index is -4.13. The molecular formula is C17H20O3S. The van der Waals surface area contributed by atoms with Gasteiger partial charge in [0.15, 0.2) is 0 Å². The van der Waals surface area contributed by atoms with Crippen LogP contribution < -0.4 is 0 Å². The van der Waals surface area contributed by atoms with Crippen LogP contribution in [0.5, 0.6) is 0 Å². The van der Waals surface area contributed by atoms with Gasteiger partial charge in [-0.05, 0) is 29.9 Å². The first-order valence-corrected chi connectivity index (χ1v) is 8.59. The van der Waals surface area contributed by atoms with E-state index in [1.54, 1.807) is 24.3 Å². The van der Waals surface area contributed by atoms with Crippen LogP contribution in [0.3, 0.4) is 0 Å². The second kappa shape index (κ2) is 6.87. The van der Waals surface area contributed by atoms with E-state index in [4.69, 9.17) is 0 Å². The van der Waals surface area contributed by atoms with E-state index in [2.05, 4.69) is 0 Å². The quantitative estimate of drug-likeness (QED) is 0.814. The summed E-state index contributed by atoms with van der Waals surface area (Å²) in [5, 5.41) is -0.885. The number of rotatable bonds is 6. The van der Waals surface area contributed by atoms with E-state index in [0.29, 0.717) is 12.0 Å². The Labute approximate surface area is 126 Å². The molecule has 0 saturated heterocycles. The van der Waals surface area contributed by atoms with Crippen LogP contribution in [0.2, 0.25) is 0 Å². The van der Waals surface area contributed by atoms with Crippen LogP contribution in [-0.4, -0.2) is 13.0 Å². The van der Waals surface area contributed by atoms with Crippen molar-refractivity contribution in [2.24, 2.45) is 0 Å². The summed E-state index contributed by atoms with van der Waals surface area (Å²) in [6, 6.07) is 18.7. The first-order valence-electron chi connectivity index (χ1n) is 7.08. The van der Waals surface area contributed by atoms with E-state index in [0.717, 1.165) is 12.0 Å². The molecule has 0 radical (unpaired) electrons. The lowest BCUT2D eigenvalue weighted by Gasteiger charge is -2.21. The molecule has 0 aliphatic carbocycles. The summed E-state index contributed by atoms with van der Waals surface area (Å²) in [7, 11) is -4.13. The highest BCUT2D eigenvalue weighted by Gasteiger charge is 2.28. The molecule has 0 amide bonds. The maximum absolute atomic E-state index is 11.8. The monoisotopic (exact) mass is 304 g/mol. The first kappa shape index (κ1) is 15.7. The van der Waals surface area contributed by atoms with Crippen LogP contribution >= 0.6 is 0 Å². The molecule has 112 valence electrons. The topological polar surface area (TPSA) is 54.4 Å². The van der Waals surface area contributed by atoms with Gasteiger partial charge in [0.2, 0.25) is 0 Å². The molecule has 2 atom stereocenters. The van der Waals surface area contributed by atoms with Crippen molar-refractivity contribution in [3.8, 4) is 0 Å². The fourth-order valence-electron chi connectivity index (χ4n) is 2.62. The van der Waals surface area contributed by atoms with E-state index in [9.17, 15) is 13.0 Å². The van der Waals surface area contributed by atoms with Gasteiger partial charge in [-0.15, -0.1) is 0 Å². The highest BCUT2D eigenvalue weighted by molar-refractivity contribution is 7.86. The van der Waals surface area contributed by atoms with Crippen molar-refractivity contribution >= 4 is 10.1 Å². The van der Waals surface area contributed by atoms with E-state index in [1.165, 1.54) is 0 Å².